The summed E-state index contributed by atoms with van der Waals surface area (Å²) in [6.07, 6.45) is 13.3. The second-order valence-corrected chi connectivity index (χ2v) is 7.56. The molecule has 0 aromatic heterocycles. The van der Waals surface area contributed by atoms with Crippen molar-refractivity contribution >= 4 is 5.78 Å². The monoisotopic (exact) mass is 330 g/mol. The number of fused-ring (bicyclic) bond motifs is 3. The highest BCUT2D eigenvalue weighted by atomic mass is 16.7. The molecule has 0 radical (unpaired) electrons. The summed E-state index contributed by atoms with van der Waals surface area (Å²) in [6, 6.07) is 0. The highest BCUT2D eigenvalue weighted by Crippen LogP contribution is 2.61. The van der Waals surface area contributed by atoms with Crippen molar-refractivity contribution in [1.82, 2.24) is 0 Å². The molecule has 2 fully saturated rings. The van der Waals surface area contributed by atoms with Crippen LogP contribution in [0.3, 0.4) is 0 Å². The van der Waals surface area contributed by atoms with Gasteiger partial charge in [-0.15, -0.1) is 13.2 Å². The van der Waals surface area contributed by atoms with Crippen molar-refractivity contribution in [2.75, 3.05) is 13.9 Å². The normalized spacial score (nSPS) is 37.0. The fourth-order valence-corrected chi connectivity index (χ4v) is 5.80. The molecule has 0 heterocycles. The lowest BCUT2D eigenvalue weighted by atomic mass is 9.47. The van der Waals surface area contributed by atoms with Gasteiger partial charge in [-0.2, -0.15) is 0 Å². The third-order valence-corrected chi connectivity index (χ3v) is 6.63. The first-order chi connectivity index (χ1) is 11.7. The van der Waals surface area contributed by atoms with Gasteiger partial charge in [0.15, 0.2) is 5.78 Å². The summed E-state index contributed by atoms with van der Waals surface area (Å²) in [4.78, 5) is 12.0. The van der Waals surface area contributed by atoms with E-state index in [-0.39, 0.29) is 18.3 Å². The van der Waals surface area contributed by atoms with Gasteiger partial charge in [0.05, 0.1) is 6.10 Å². The van der Waals surface area contributed by atoms with Crippen LogP contribution in [0.15, 0.2) is 37.0 Å². The highest BCUT2D eigenvalue weighted by Gasteiger charge is 2.57. The van der Waals surface area contributed by atoms with Gasteiger partial charge in [0.25, 0.3) is 0 Å². The molecule has 24 heavy (non-hydrogen) atoms. The van der Waals surface area contributed by atoms with Crippen LogP contribution >= 0.6 is 0 Å². The lowest BCUT2D eigenvalue weighted by Gasteiger charge is -2.59. The molecule has 3 nitrogen and oxygen atoms in total. The number of hydrogen-bond donors (Lipinski definition) is 0. The summed E-state index contributed by atoms with van der Waals surface area (Å²) >= 11 is 0. The van der Waals surface area contributed by atoms with Crippen LogP contribution in [0.4, 0.5) is 0 Å². The summed E-state index contributed by atoms with van der Waals surface area (Å²) in [5.74, 6) is 1.81. The zero-order chi connectivity index (χ0) is 17.2. The number of ether oxygens (including phenoxy) is 2. The predicted molar refractivity (Wildman–Crippen MR) is 95.5 cm³/mol. The summed E-state index contributed by atoms with van der Waals surface area (Å²) in [5.41, 5.74) is 1.38. The van der Waals surface area contributed by atoms with Gasteiger partial charge in [0, 0.05) is 18.9 Å². The molecule has 3 heteroatoms. The molecule has 3 aliphatic carbocycles. The van der Waals surface area contributed by atoms with E-state index in [9.17, 15) is 4.79 Å². The van der Waals surface area contributed by atoms with Crippen molar-refractivity contribution in [3.05, 3.63) is 37.0 Å². The zero-order valence-electron chi connectivity index (χ0n) is 14.8. The van der Waals surface area contributed by atoms with Crippen LogP contribution in [0.25, 0.3) is 0 Å². The molecule has 0 unspecified atom stereocenters. The van der Waals surface area contributed by atoms with Crippen molar-refractivity contribution in [2.24, 2.45) is 23.2 Å². The Morgan fingerprint density at radius 1 is 1.33 bits per heavy atom. The van der Waals surface area contributed by atoms with E-state index in [0.29, 0.717) is 30.0 Å². The van der Waals surface area contributed by atoms with E-state index in [1.165, 1.54) is 18.4 Å². The Labute approximate surface area is 145 Å². The van der Waals surface area contributed by atoms with Crippen LogP contribution in [0.5, 0.6) is 0 Å². The molecular weight excluding hydrogens is 300 g/mol. The van der Waals surface area contributed by atoms with E-state index >= 15 is 0 Å². The lowest BCUT2D eigenvalue weighted by Crippen LogP contribution is -2.55. The standard InChI is InChI=1S/C21H30O3/c1-4-15-7-6-12-21(20(5-2)24-14-23-3)18(15)10-8-16-13-17(22)9-11-19(16)21/h4-5,13,15,18-20H,1-2,6-12,14H2,3H3/t15-,18+,19+,20-,21-/m0/s1. The Hall–Kier alpha value is -1.19. The first-order valence-corrected chi connectivity index (χ1v) is 9.26. The summed E-state index contributed by atoms with van der Waals surface area (Å²) in [6.45, 7) is 8.48. The molecular formula is C21H30O3. The molecule has 0 aliphatic heterocycles. The number of allylic oxidation sites excluding steroid dienone is 3. The first kappa shape index (κ1) is 17.6. The largest absolute Gasteiger partial charge is 0.359 e. The molecule has 0 aromatic carbocycles. The Bertz CT molecular complexity index is 535. The molecule has 0 bridgehead atoms. The van der Waals surface area contributed by atoms with E-state index in [4.69, 9.17) is 9.47 Å². The van der Waals surface area contributed by atoms with Crippen LogP contribution in [-0.2, 0) is 14.3 Å². The average molecular weight is 330 g/mol. The quantitative estimate of drug-likeness (QED) is 0.533. The Kier molecular flexibility index (Phi) is 5.41. The number of hydrogen-bond acceptors (Lipinski definition) is 3. The topological polar surface area (TPSA) is 35.5 Å². The smallest absolute Gasteiger partial charge is 0.155 e. The van der Waals surface area contributed by atoms with Crippen molar-refractivity contribution in [1.29, 1.82) is 0 Å². The number of rotatable bonds is 6. The summed E-state index contributed by atoms with van der Waals surface area (Å²) < 4.78 is 11.3. The van der Waals surface area contributed by atoms with E-state index < -0.39 is 0 Å². The molecule has 0 aromatic rings. The van der Waals surface area contributed by atoms with Gasteiger partial charge in [0.1, 0.15) is 6.79 Å². The van der Waals surface area contributed by atoms with Gasteiger partial charge in [-0.3, -0.25) is 4.79 Å². The minimum absolute atomic E-state index is 0.0299. The fraction of sp³-hybridized carbons (Fsp3) is 0.667. The first-order valence-electron chi connectivity index (χ1n) is 9.26. The van der Waals surface area contributed by atoms with Gasteiger partial charge in [0.2, 0.25) is 0 Å². The van der Waals surface area contributed by atoms with Gasteiger partial charge in [-0.05, 0) is 55.9 Å². The lowest BCUT2D eigenvalue weighted by molar-refractivity contribution is -0.157. The minimum atomic E-state index is -0.0351. The molecule has 3 rings (SSSR count). The second-order valence-electron chi connectivity index (χ2n) is 7.56. The third kappa shape index (κ3) is 2.82. The van der Waals surface area contributed by atoms with Crippen molar-refractivity contribution in [2.45, 2.75) is 51.0 Å². The van der Waals surface area contributed by atoms with Gasteiger partial charge in [-0.25, -0.2) is 0 Å². The van der Waals surface area contributed by atoms with Gasteiger partial charge >= 0.3 is 0 Å². The van der Waals surface area contributed by atoms with Crippen LogP contribution in [0, 0.1) is 23.2 Å². The highest BCUT2D eigenvalue weighted by molar-refractivity contribution is 5.91. The van der Waals surface area contributed by atoms with Crippen LogP contribution in [-0.4, -0.2) is 25.8 Å². The van der Waals surface area contributed by atoms with Crippen molar-refractivity contribution in [3.63, 3.8) is 0 Å². The SMILES string of the molecule is C=C[C@H](OCOC)[C@@]12CCC[C@H](C=C)[C@H]1CCC1=CC(=O)CC[C@H]12. The minimum Gasteiger partial charge on any atom is -0.359 e. The number of carbonyl (C=O) groups excluding carboxylic acids is 1. The Morgan fingerprint density at radius 3 is 2.88 bits per heavy atom. The fourth-order valence-electron chi connectivity index (χ4n) is 5.80. The predicted octanol–water partition coefficient (Wildman–Crippen LogP) is 4.45. The maximum absolute atomic E-state index is 12.0. The number of methoxy groups -OCH3 is 1. The number of carbonyl (C=O) groups is 1. The van der Waals surface area contributed by atoms with E-state index in [0.717, 1.165) is 25.7 Å². The molecule has 2 saturated carbocycles. The maximum Gasteiger partial charge on any atom is 0.155 e. The molecule has 0 spiro atoms. The van der Waals surface area contributed by atoms with Gasteiger partial charge < -0.3 is 9.47 Å². The summed E-state index contributed by atoms with van der Waals surface area (Å²) in [7, 11) is 1.66. The van der Waals surface area contributed by atoms with Crippen LogP contribution in [0.1, 0.15) is 44.9 Å². The molecule has 5 atom stereocenters. The Morgan fingerprint density at radius 2 is 2.17 bits per heavy atom. The number of ketones is 1. The van der Waals surface area contributed by atoms with Crippen molar-refractivity contribution in [3.8, 4) is 0 Å². The van der Waals surface area contributed by atoms with E-state index in [1.807, 2.05) is 12.2 Å². The molecule has 3 aliphatic rings. The van der Waals surface area contributed by atoms with E-state index in [2.05, 4.69) is 19.2 Å². The average Bonchev–Trinajstić information content (AvgIpc) is 2.61. The van der Waals surface area contributed by atoms with Crippen molar-refractivity contribution < 1.29 is 14.3 Å². The zero-order valence-corrected chi connectivity index (χ0v) is 14.8. The molecule has 0 amide bonds. The molecule has 132 valence electrons. The van der Waals surface area contributed by atoms with Crippen LogP contribution in [0.2, 0.25) is 0 Å². The third-order valence-electron chi connectivity index (χ3n) is 6.63. The molecule has 0 saturated heterocycles. The Balaban J connectivity index is 2.04. The van der Waals surface area contributed by atoms with Crippen LogP contribution < -0.4 is 0 Å². The van der Waals surface area contributed by atoms with E-state index in [1.54, 1.807) is 7.11 Å². The maximum atomic E-state index is 12.0. The second kappa shape index (κ2) is 7.37. The summed E-state index contributed by atoms with van der Waals surface area (Å²) in [5, 5.41) is 0. The van der Waals surface area contributed by atoms with Gasteiger partial charge in [-0.1, -0.05) is 24.1 Å². The molecule has 0 N–H and O–H groups in total.